The van der Waals surface area contributed by atoms with E-state index in [4.69, 9.17) is 16.3 Å². The van der Waals surface area contributed by atoms with E-state index in [9.17, 15) is 0 Å². The second kappa shape index (κ2) is 2.83. The number of hydrogen-bond acceptors (Lipinski definition) is 2. The molecule has 2 heterocycles. The van der Waals surface area contributed by atoms with Gasteiger partial charge in [-0.05, 0) is 6.07 Å². The summed E-state index contributed by atoms with van der Waals surface area (Å²) in [6.45, 7) is 2.28. The van der Waals surface area contributed by atoms with Crippen molar-refractivity contribution < 1.29 is 4.74 Å². The lowest BCUT2D eigenvalue weighted by Gasteiger charge is -2.12. The van der Waals surface area contributed by atoms with Gasteiger partial charge in [0.05, 0.1) is 37.0 Å². The first kappa shape index (κ1) is 7.13. The van der Waals surface area contributed by atoms with E-state index in [1.54, 1.807) is 0 Å². The Morgan fingerprint density at radius 3 is 3.36 bits per heavy atom. The van der Waals surface area contributed by atoms with Gasteiger partial charge in [0.1, 0.15) is 0 Å². The molecule has 2 rings (SSSR count). The molecule has 3 nitrogen and oxygen atoms in total. The fourth-order valence-electron chi connectivity index (χ4n) is 1.22. The molecule has 0 saturated carbocycles. The van der Waals surface area contributed by atoms with Crippen molar-refractivity contribution in [2.45, 2.75) is 19.0 Å². The molecule has 0 radical (unpaired) electrons. The van der Waals surface area contributed by atoms with Gasteiger partial charge in [-0.1, -0.05) is 0 Å². The molecule has 11 heavy (non-hydrogen) atoms. The Kier molecular flexibility index (Phi) is 1.84. The maximum Gasteiger partial charge on any atom is 0.0885 e. The zero-order chi connectivity index (χ0) is 7.68. The Labute approximate surface area is 69.9 Å². The van der Waals surface area contributed by atoms with Crippen LogP contribution in [0.2, 0.25) is 0 Å². The molecule has 0 N–H and O–H groups in total. The first-order valence-electron chi connectivity index (χ1n) is 3.59. The van der Waals surface area contributed by atoms with E-state index in [1.807, 2.05) is 10.7 Å². The number of rotatable bonds is 1. The molecule has 1 aromatic heterocycles. The zero-order valence-electron chi connectivity index (χ0n) is 6.09. The van der Waals surface area contributed by atoms with Gasteiger partial charge in [0.15, 0.2) is 0 Å². The molecule has 0 amide bonds. The van der Waals surface area contributed by atoms with E-state index in [0.29, 0.717) is 12.5 Å². The van der Waals surface area contributed by atoms with Crippen LogP contribution in [0.3, 0.4) is 0 Å². The van der Waals surface area contributed by atoms with Crippen LogP contribution in [0.15, 0.2) is 6.07 Å². The van der Waals surface area contributed by atoms with Crippen LogP contribution in [0, 0.1) is 0 Å². The topological polar surface area (TPSA) is 27.1 Å². The second-order valence-corrected chi connectivity index (χ2v) is 2.80. The molecule has 0 spiro atoms. The predicted octanol–water partition coefficient (Wildman–Crippen LogP) is 1.15. The molecule has 4 heteroatoms. The van der Waals surface area contributed by atoms with Crippen molar-refractivity contribution in [3.8, 4) is 0 Å². The van der Waals surface area contributed by atoms with Crippen LogP contribution < -0.4 is 0 Å². The SMILES string of the molecule is ClCc1cc2n(n1)CCOC2. The summed E-state index contributed by atoms with van der Waals surface area (Å²) in [4.78, 5) is 0. The molecule has 0 aliphatic carbocycles. The van der Waals surface area contributed by atoms with Gasteiger partial charge in [-0.15, -0.1) is 11.6 Å². The Morgan fingerprint density at radius 2 is 2.64 bits per heavy atom. The van der Waals surface area contributed by atoms with E-state index in [2.05, 4.69) is 5.10 Å². The van der Waals surface area contributed by atoms with Crippen molar-refractivity contribution in [2.24, 2.45) is 0 Å². The van der Waals surface area contributed by atoms with E-state index in [0.717, 1.165) is 24.5 Å². The van der Waals surface area contributed by atoms with Crippen molar-refractivity contribution in [3.63, 3.8) is 0 Å². The molecular weight excluding hydrogens is 164 g/mol. The summed E-state index contributed by atoms with van der Waals surface area (Å²) in [7, 11) is 0. The van der Waals surface area contributed by atoms with Crippen LogP contribution in [-0.2, 0) is 23.8 Å². The van der Waals surface area contributed by atoms with Crippen LogP contribution in [0.4, 0.5) is 0 Å². The molecule has 1 aliphatic heterocycles. The van der Waals surface area contributed by atoms with Gasteiger partial charge >= 0.3 is 0 Å². The summed E-state index contributed by atoms with van der Waals surface area (Å²) in [5.74, 6) is 0.486. The summed E-state index contributed by atoms with van der Waals surface area (Å²) >= 11 is 5.63. The third-order valence-corrected chi connectivity index (χ3v) is 2.02. The Balaban J connectivity index is 2.32. The molecule has 0 bridgehead atoms. The number of halogens is 1. The predicted molar refractivity (Wildman–Crippen MR) is 41.4 cm³/mol. The minimum absolute atomic E-state index is 0.486. The lowest BCUT2D eigenvalue weighted by molar-refractivity contribution is 0.0800. The number of hydrogen-bond donors (Lipinski definition) is 0. The normalized spacial score (nSPS) is 16.5. The number of nitrogens with zero attached hydrogens (tertiary/aromatic N) is 2. The Hall–Kier alpha value is -0.540. The van der Waals surface area contributed by atoms with Crippen LogP contribution in [-0.4, -0.2) is 16.4 Å². The maximum absolute atomic E-state index is 5.63. The van der Waals surface area contributed by atoms with Gasteiger partial charge in [0.25, 0.3) is 0 Å². The van der Waals surface area contributed by atoms with E-state index in [1.165, 1.54) is 0 Å². The average molecular weight is 173 g/mol. The maximum atomic E-state index is 5.63. The van der Waals surface area contributed by atoms with Crippen molar-refractivity contribution in [3.05, 3.63) is 17.5 Å². The Bertz CT molecular complexity index is 235. The third kappa shape index (κ3) is 1.26. The first-order valence-corrected chi connectivity index (χ1v) is 4.13. The Morgan fingerprint density at radius 1 is 1.73 bits per heavy atom. The lowest BCUT2D eigenvalue weighted by atomic mass is 10.3. The summed E-state index contributed by atoms with van der Waals surface area (Å²) in [5.41, 5.74) is 2.07. The van der Waals surface area contributed by atoms with Crippen molar-refractivity contribution in [1.82, 2.24) is 9.78 Å². The zero-order valence-corrected chi connectivity index (χ0v) is 6.84. The quantitative estimate of drug-likeness (QED) is 0.595. The van der Waals surface area contributed by atoms with Gasteiger partial charge in [0.2, 0.25) is 0 Å². The highest BCUT2D eigenvalue weighted by atomic mass is 35.5. The van der Waals surface area contributed by atoms with Gasteiger partial charge in [0, 0.05) is 0 Å². The number of aromatic nitrogens is 2. The molecule has 1 aliphatic rings. The summed E-state index contributed by atoms with van der Waals surface area (Å²) in [6.07, 6.45) is 0. The van der Waals surface area contributed by atoms with Crippen LogP contribution in [0.25, 0.3) is 0 Å². The summed E-state index contributed by atoms with van der Waals surface area (Å²) in [5, 5.41) is 4.27. The molecule has 0 saturated heterocycles. The van der Waals surface area contributed by atoms with E-state index < -0.39 is 0 Å². The molecule has 0 unspecified atom stereocenters. The third-order valence-electron chi connectivity index (χ3n) is 1.75. The average Bonchev–Trinajstić information content (AvgIpc) is 2.46. The molecule has 0 atom stereocenters. The minimum Gasteiger partial charge on any atom is -0.373 e. The standard InChI is InChI=1S/C7H9ClN2O/c8-4-6-3-7-5-11-2-1-10(7)9-6/h3H,1-2,4-5H2. The lowest BCUT2D eigenvalue weighted by Crippen LogP contribution is -2.16. The van der Waals surface area contributed by atoms with E-state index in [-0.39, 0.29) is 0 Å². The fraction of sp³-hybridized carbons (Fsp3) is 0.571. The van der Waals surface area contributed by atoms with Crippen molar-refractivity contribution in [1.29, 1.82) is 0 Å². The molecule has 0 aromatic carbocycles. The van der Waals surface area contributed by atoms with E-state index >= 15 is 0 Å². The molecular formula is C7H9ClN2O. The number of fused-ring (bicyclic) bond motifs is 1. The highest BCUT2D eigenvalue weighted by Crippen LogP contribution is 2.11. The fourth-order valence-corrected chi connectivity index (χ4v) is 1.35. The van der Waals surface area contributed by atoms with Gasteiger partial charge in [-0.2, -0.15) is 5.10 Å². The monoisotopic (exact) mass is 172 g/mol. The van der Waals surface area contributed by atoms with Crippen LogP contribution >= 0.6 is 11.6 Å². The minimum atomic E-state index is 0.486. The second-order valence-electron chi connectivity index (χ2n) is 2.54. The van der Waals surface area contributed by atoms with Crippen LogP contribution in [0.1, 0.15) is 11.4 Å². The summed E-state index contributed by atoms with van der Waals surface area (Å²) < 4.78 is 7.21. The molecule has 60 valence electrons. The van der Waals surface area contributed by atoms with Gasteiger partial charge in [-0.25, -0.2) is 0 Å². The van der Waals surface area contributed by atoms with Crippen molar-refractivity contribution in [2.75, 3.05) is 6.61 Å². The molecule has 1 aromatic rings. The number of ether oxygens (including phenoxy) is 1. The molecule has 0 fully saturated rings. The van der Waals surface area contributed by atoms with Crippen molar-refractivity contribution >= 4 is 11.6 Å². The number of alkyl halides is 1. The smallest absolute Gasteiger partial charge is 0.0885 e. The summed E-state index contributed by atoms with van der Waals surface area (Å²) in [6, 6.07) is 1.99. The highest BCUT2D eigenvalue weighted by molar-refractivity contribution is 6.16. The van der Waals surface area contributed by atoms with Crippen LogP contribution in [0.5, 0.6) is 0 Å². The largest absolute Gasteiger partial charge is 0.373 e. The van der Waals surface area contributed by atoms with Gasteiger partial charge in [-0.3, -0.25) is 4.68 Å². The first-order chi connectivity index (χ1) is 5.40. The van der Waals surface area contributed by atoms with Gasteiger partial charge < -0.3 is 4.74 Å². The highest BCUT2D eigenvalue weighted by Gasteiger charge is 2.10.